The number of nitrogens with one attached hydrogen (secondary N) is 1. The van der Waals surface area contributed by atoms with Crippen LogP contribution in [0.15, 0.2) is 73.1 Å². The Morgan fingerprint density at radius 1 is 0.862 bits per heavy atom. The van der Waals surface area contributed by atoms with Crippen molar-refractivity contribution >= 4 is 28.1 Å². The third kappa shape index (κ3) is 3.75. The Balaban J connectivity index is 1.48. The molecule has 0 radical (unpaired) electrons. The molecule has 4 aromatic rings. The first-order valence-corrected chi connectivity index (χ1v) is 9.74. The van der Waals surface area contributed by atoms with E-state index in [1.165, 1.54) is 5.69 Å². The third-order valence-corrected chi connectivity index (χ3v) is 5.03. The smallest absolute Gasteiger partial charge is 0.163 e. The predicted octanol–water partition coefficient (Wildman–Crippen LogP) is 4.27. The average Bonchev–Trinajstić information content (AvgIpc) is 2.81. The molecule has 6 nitrogen and oxygen atoms in total. The molecule has 2 aromatic carbocycles. The Bertz CT molecular complexity index is 1110. The molecule has 144 valence electrons. The fourth-order valence-electron chi connectivity index (χ4n) is 3.51. The van der Waals surface area contributed by atoms with Gasteiger partial charge in [0.05, 0.1) is 18.7 Å². The molecule has 0 amide bonds. The number of pyridine rings is 1. The second-order valence-electron chi connectivity index (χ2n) is 6.93. The summed E-state index contributed by atoms with van der Waals surface area (Å²) in [6.45, 7) is 3.42. The molecule has 2 aromatic heterocycles. The van der Waals surface area contributed by atoms with Crippen LogP contribution in [0.2, 0.25) is 0 Å². The van der Waals surface area contributed by atoms with E-state index >= 15 is 0 Å². The van der Waals surface area contributed by atoms with Gasteiger partial charge in [-0.15, -0.1) is 0 Å². The van der Waals surface area contributed by atoms with Crippen molar-refractivity contribution < 1.29 is 4.74 Å². The molecular formula is C23H21N5O. The predicted molar refractivity (Wildman–Crippen MR) is 116 cm³/mol. The van der Waals surface area contributed by atoms with Crippen LogP contribution in [-0.4, -0.2) is 41.3 Å². The van der Waals surface area contributed by atoms with E-state index in [0.717, 1.165) is 54.3 Å². The number of benzene rings is 2. The largest absolute Gasteiger partial charge is 0.378 e. The summed E-state index contributed by atoms with van der Waals surface area (Å²) in [4.78, 5) is 16.0. The van der Waals surface area contributed by atoms with Crippen molar-refractivity contribution in [3.05, 3.63) is 73.1 Å². The fourth-order valence-corrected chi connectivity index (χ4v) is 3.51. The lowest BCUT2D eigenvalue weighted by Gasteiger charge is -2.28. The first-order chi connectivity index (χ1) is 14.4. The fraction of sp³-hybridized carbons (Fsp3) is 0.174. The molecular weight excluding hydrogens is 362 g/mol. The highest BCUT2D eigenvalue weighted by molar-refractivity contribution is 5.92. The zero-order valence-corrected chi connectivity index (χ0v) is 16.0. The van der Waals surface area contributed by atoms with Gasteiger partial charge in [0, 0.05) is 47.8 Å². The standard InChI is InChI=1S/C23H21N5O/c1-2-6-21-20(5-1)23(27-22(26-21)17-4-3-11-24-16-17)25-18-7-9-19(10-8-18)28-12-14-29-15-13-28/h1-11,16H,12-15H2,(H,25,26,27). The maximum Gasteiger partial charge on any atom is 0.163 e. The van der Waals surface area contributed by atoms with Gasteiger partial charge in [-0.05, 0) is 48.5 Å². The normalized spacial score (nSPS) is 14.1. The zero-order valence-electron chi connectivity index (χ0n) is 16.0. The van der Waals surface area contributed by atoms with E-state index in [9.17, 15) is 0 Å². The van der Waals surface area contributed by atoms with E-state index in [1.54, 1.807) is 12.4 Å². The number of rotatable bonds is 4. The summed E-state index contributed by atoms with van der Waals surface area (Å²) in [7, 11) is 0. The second kappa shape index (κ2) is 7.85. The van der Waals surface area contributed by atoms with Gasteiger partial charge in [-0.1, -0.05) is 12.1 Å². The first kappa shape index (κ1) is 17.6. The molecule has 29 heavy (non-hydrogen) atoms. The minimum Gasteiger partial charge on any atom is -0.378 e. The average molecular weight is 383 g/mol. The van der Waals surface area contributed by atoms with E-state index in [4.69, 9.17) is 14.7 Å². The molecule has 0 saturated carbocycles. The summed E-state index contributed by atoms with van der Waals surface area (Å²) in [5.41, 5.74) is 3.99. The Morgan fingerprint density at radius 2 is 1.69 bits per heavy atom. The van der Waals surface area contributed by atoms with Gasteiger partial charge in [0.1, 0.15) is 5.82 Å². The minimum absolute atomic E-state index is 0.657. The number of fused-ring (bicyclic) bond motifs is 1. The maximum atomic E-state index is 5.44. The molecule has 1 aliphatic heterocycles. The van der Waals surface area contributed by atoms with Gasteiger partial charge < -0.3 is 15.0 Å². The lowest BCUT2D eigenvalue weighted by atomic mass is 10.2. The van der Waals surface area contributed by atoms with Crippen LogP contribution in [-0.2, 0) is 4.74 Å². The Hall–Kier alpha value is -3.51. The van der Waals surface area contributed by atoms with Gasteiger partial charge in [0.2, 0.25) is 0 Å². The quantitative estimate of drug-likeness (QED) is 0.568. The van der Waals surface area contributed by atoms with Crippen LogP contribution in [0.5, 0.6) is 0 Å². The Kier molecular flexibility index (Phi) is 4.76. The number of hydrogen-bond acceptors (Lipinski definition) is 6. The van der Waals surface area contributed by atoms with Crippen LogP contribution in [0.3, 0.4) is 0 Å². The van der Waals surface area contributed by atoms with Crippen molar-refractivity contribution in [2.45, 2.75) is 0 Å². The van der Waals surface area contributed by atoms with Gasteiger partial charge in [-0.2, -0.15) is 0 Å². The van der Waals surface area contributed by atoms with Gasteiger partial charge in [0.15, 0.2) is 5.82 Å². The van der Waals surface area contributed by atoms with Gasteiger partial charge in [0.25, 0.3) is 0 Å². The molecule has 5 rings (SSSR count). The number of aromatic nitrogens is 3. The lowest BCUT2D eigenvalue weighted by Crippen LogP contribution is -2.36. The van der Waals surface area contributed by atoms with Crippen molar-refractivity contribution in [1.29, 1.82) is 0 Å². The van der Waals surface area contributed by atoms with Crippen LogP contribution in [0.4, 0.5) is 17.2 Å². The van der Waals surface area contributed by atoms with Crippen molar-refractivity contribution in [2.75, 3.05) is 36.5 Å². The molecule has 0 bridgehead atoms. The van der Waals surface area contributed by atoms with E-state index < -0.39 is 0 Å². The number of para-hydroxylation sites is 1. The number of anilines is 3. The van der Waals surface area contributed by atoms with Crippen molar-refractivity contribution in [3.63, 3.8) is 0 Å². The summed E-state index contributed by atoms with van der Waals surface area (Å²) in [6.07, 6.45) is 3.53. The van der Waals surface area contributed by atoms with Crippen LogP contribution in [0.1, 0.15) is 0 Å². The molecule has 1 saturated heterocycles. The monoisotopic (exact) mass is 383 g/mol. The van der Waals surface area contributed by atoms with E-state index in [2.05, 4.69) is 39.5 Å². The van der Waals surface area contributed by atoms with Gasteiger partial charge in [-0.25, -0.2) is 9.97 Å². The molecule has 0 unspecified atom stereocenters. The summed E-state index contributed by atoms with van der Waals surface area (Å²) < 4.78 is 5.44. The maximum absolute atomic E-state index is 5.44. The number of morpholine rings is 1. The van der Waals surface area contributed by atoms with E-state index in [0.29, 0.717) is 5.82 Å². The zero-order chi connectivity index (χ0) is 19.5. The molecule has 6 heteroatoms. The number of hydrogen-bond donors (Lipinski definition) is 1. The minimum atomic E-state index is 0.657. The van der Waals surface area contributed by atoms with Crippen LogP contribution >= 0.6 is 0 Å². The molecule has 0 aliphatic carbocycles. The summed E-state index contributed by atoms with van der Waals surface area (Å²) in [5, 5.41) is 4.46. The van der Waals surface area contributed by atoms with E-state index in [1.807, 2.05) is 36.4 Å². The molecule has 0 spiro atoms. The molecule has 1 fully saturated rings. The topological polar surface area (TPSA) is 63.2 Å². The second-order valence-corrected chi connectivity index (χ2v) is 6.93. The molecule has 0 atom stereocenters. The third-order valence-electron chi connectivity index (χ3n) is 5.03. The lowest BCUT2D eigenvalue weighted by molar-refractivity contribution is 0.122. The van der Waals surface area contributed by atoms with Crippen molar-refractivity contribution in [2.24, 2.45) is 0 Å². The van der Waals surface area contributed by atoms with E-state index in [-0.39, 0.29) is 0 Å². The molecule has 3 heterocycles. The van der Waals surface area contributed by atoms with Crippen LogP contribution < -0.4 is 10.2 Å². The summed E-state index contributed by atoms with van der Waals surface area (Å²) in [5.74, 6) is 1.44. The Labute approximate surface area is 169 Å². The highest BCUT2D eigenvalue weighted by Crippen LogP contribution is 2.28. The highest BCUT2D eigenvalue weighted by atomic mass is 16.5. The molecule has 1 N–H and O–H groups in total. The van der Waals surface area contributed by atoms with Crippen molar-refractivity contribution in [3.8, 4) is 11.4 Å². The first-order valence-electron chi connectivity index (χ1n) is 9.74. The van der Waals surface area contributed by atoms with Crippen molar-refractivity contribution in [1.82, 2.24) is 15.0 Å². The summed E-state index contributed by atoms with van der Waals surface area (Å²) >= 11 is 0. The van der Waals surface area contributed by atoms with Gasteiger partial charge in [-0.3, -0.25) is 4.98 Å². The van der Waals surface area contributed by atoms with Crippen LogP contribution in [0, 0.1) is 0 Å². The Morgan fingerprint density at radius 3 is 2.48 bits per heavy atom. The number of nitrogens with zero attached hydrogens (tertiary/aromatic N) is 4. The van der Waals surface area contributed by atoms with Crippen LogP contribution in [0.25, 0.3) is 22.3 Å². The van der Waals surface area contributed by atoms with Gasteiger partial charge >= 0.3 is 0 Å². The SMILES string of the molecule is c1cncc(-c2nc(Nc3ccc(N4CCOCC4)cc3)c3ccccc3n2)c1. The number of ether oxygens (including phenoxy) is 1. The highest BCUT2D eigenvalue weighted by Gasteiger charge is 2.12. The molecule has 1 aliphatic rings. The summed E-state index contributed by atoms with van der Waals surface area (Å²) in [6, 6.07) is 20.3.